The first-order chi connectivity index (χ1) is 8.21. The van der Waals surface area contributed by atoms with Gasteiger partial charge in [-0.05, 0) is 5.92 Å². The van der Waals surface area contributed by atoms with Crippen molar-refractivity contribution in [2.24, 2.45) is 5.92 Å². The van der Waals surface area contributed by atoms with E-state index in [1.165, 1.54) is 11.8 Å². The first-order valence-electron chi connectivity index (χ1n) is 6.00. The highest BCUT2D eigenvalue weighted by atomic mass is 32.2. The molecule has 1 N–H and O–H groups in total. The highest BCUT2D eigenvalue weighted by Gasteiger charge is 2.24. The number of nitrogens with zero attached hydrogens (tertiary/aromatic N) is 3. The van der Waals surface area contributed by atoms with Crippen molar-refractivity contribution in [3.63, 3.8) is 0 Å². The van der Waals surface area contributed by atoms with Crippen molar-refractivity contribution in [3.05, 3.63) is 5.82 Å². The molecule has 1 aromatic rings. The van der Waals surface area contributed by atoms with Crippen molar-refractivity contribution in [1.29, 1.82) is 0 Å². The maximum Gasteiger partial charge on any atom is 0.313 e. The molecule has 102 valence electrons. The molecule has 1 heterocycles. The quantitative estimate of drug-likeness (QED) is 0.833. The van der Waals surface area contributed by atoms with Crippen LogP contribution < -0.4 is 0 Å². The van der Waals surface area contributed by atoms with Crippen molar-refractivity contribution in [1.82, 2.24) is 14.8 Å². The lowest BCUT2D eigenvalue weighted by Crippen LogP contribution is -2.21. The second kappa shape index (κ2) is 5.73. The molecular formula is C12H21N3O2S. The van der Waals surface area contributed by atoms with Crippen LogP contribution in [0.3, 0.4) is 0 Å². The highest BCUT2D eigenvalue weighted by molar-refractivity contribution is 7.99. The van der Waals surface area contributed by atoms with E-state index in [1.807, 2.05) is 4.57 Å². The normalized spacial score (nSPS) is 12.1. The molecule has 5 nitrogen and oxygen atoms in total. The summed E-state index contributed by atoms with van der Waals surface area (Å²) in [4.78, 5) is 10.6. The molecule has 0 saturated heterocycles. The number of aromatic nitrogens is 3. The molecule has 0 atom stereocenters. The molecule has 0 saturated carbocycles. The fourth-order valence-corrected chi connectivity index (χ4v) is 2.27. The van der Waals surface area contributed by atoms with Crippen LogP contribution in [-0.4, -0.2) is 31.6 Å². The Hall–Kier alpha value is -1.04. The summed E-state index contributed by atoms with van der Waals surface area (Å²) in [5.74, 6) is 0.548. The minimum Gasteiger partial charge on any atom is -0.481 e. The van der Waals surface area contributed by atoms with Crippen LogP contribution in [0.2, 0.25) is 0 Å². The van der Waals surface area contributed by atoms with Gasteiger partial charge in [0.25, 0.3) is 0 Å². The first-order valence-corrected chi connectivity index (χ1v) is 6.98. The van der Waals surface area contributed by atoms with Crippen molar-refractivity contribution >= 4 is 17.7 Å². The molecule has 6 heteroatoms. The third kappa shape index (κ3) is 4.01. The summed E-state index contributed by atoms with van der Waals surface area (Å²) >= 11 is 1.22. The van der Waals surface area contributed by atoms with Gasteiger partial charge in [-0.15, -0.1) is 10.2 Å². The van der Waals surface area contributed by atoms with Crippen LogP contribution in [-0.2, 0) is 16.8 Å². The van der Waals surface area contributed by atoms with E-state index >= 15 is 0 Å². The van der Waals surface area contributed by atoms with Gasteiger partial charge in [0.1, 0.15) is 5.82 Å². The number of carbonyl (C=O) groups is 1. The average molecular weight is 271 g/mol. The Morgan fingerprint density at radius 3 is 2.44 bits per heavy atom. The van der Waals surface area contributed by atoms with Gasteiger partial charge < -0.3 is 9.67 Å². The summed E-state index contributed by atoms with van der Waals surface area (Å²) in [6.45, 7) is 11.3. The summed E-state index contributed by atoms with van der Waals surface area (Å²) in [7, 11) is 0. The molecule has 0 unspecified atom stereocenters. The minimum absolute atomic E-state index is 0.0143. The van der Waals surface area contributed by atoms with Gasteiger partial charge in [0.15, 0.2) is 5.16 Å². The number of aliphatic carboxylic acids is 1. The Labute approximate surface area is 112 Å². The molecule has 0 aromatic carbocycles. The predicted octanol–water partition coefficient (Wildman–Crippen LogP) is 2.41. The molecule has 0 aliphatic carbocycles. The fourth-order valence-electron chi connectivity index (χ4n) is 1.61. The van der Waals surface area contributed by atoms with Gasteiger partial charge >= 0.3 is 5.97 Å². The van der Waals surface area contributed by atoms with E-state index in [9.17, 15) is 4.79 Å². The zero-order valence-corrected chi connectivity index (χ0v) is 12.4. The number of hydrogen-bond donors (Lipinski definition) is 1. The molecule has 18 heavy (non-hydrogen) atoms. The second-order valence-corrected chi connectivity index (χ2v) is 6.69. The molecule has 0 fully saturated rings. The van der Waals surface area contributed by atoms with Crippen molar-refractivity contribution in [3.8, 4) is 0 Å². The van der Waals surface area contributed by atoms with Crippen LogP contribution in [0.1, 0.15) is 40.4 Å². The van der Waals surface area contributed by atoms with Crippen molar-refractivity contribution in [2.75, 3.05) is 5.75 Å². The summed E-state index contributed by atoms with van der Waals surface area (Å²) in [5.41, 5.74) is -0.0933. The smallest absolute Gasteiger partial charge is 0.313 e. The summed E-state index contributed by atoms with van der Waals surface area (Å²) in [6.07, 6.45) is 0. The van der Waals surface area contributed by atoms with Gasteiger partial charge in [0, 0.05) is 12.0 Å². The van der Waals surface area contributed by atoms with E-state index in [0.717, 1.165) is 12.4 Å². The maximum absolute atomic E-state index is 10.6. The number of hydrogen-bond acceptors (Lipinski definition) is 4. The largest absolute Gasteiger partial charge is 0.481 e. The Kier molecular flexibility index (Phi) is 4.78. The highest BCUT2D eigenvalue weighted by Crippen LogP contribution is 2.26. The zero-order valence-electron chi connectivity index (χ0n) is 11.6. The Balaban J connectivity index is 3.03. The third-order valence-electron chi connectivity index (χ3n) is 2.26. The summed E-state index contributed by atoms with van der Waals surface area (Å²) < 4.78 is 2.04. The summed E-state index contributed by atoms with van der Waals surface area (Å²) in [5, 5.41) is 17.8. The van der Waals surface area contributed by atoms with Crippen LogP contribution in [0.4, 0.5) is 0 Å². The molecule has 0 amide bonds. The molecule has 0 bridgehead atoms. The first kappa shape index (κ1) is 15.0. The lowest BCUT2D eigenvalue weighted by molar-refractivity contribution is -0.133. The SMILES string of the molecule is CC(C)Cn1c(SCC(=O)O)nnc1C(C)(C)C. The van der Waals surface area contributed by atoms with Gasteiger partial charge in [0.05, 0.1) is 5.75 Å². The van der Waals surface area contributed by atoms with Crippen LogP contribution >= 0.6 is 11.8 Å². The number of carboxylic acids is 1. The lowest BCUT2D eigenvalue weighted by Gasteiger charge is -2.20. The predicted molar refractivity (Wildman–Crippen MR) is 71.9 cm³/mol. The van der Waals surface area contributed by atoms with Crippen LogP contribution in [0.5, 0.6) is 0 Å². The molecule has 0 radical (unpaired) electrons. The van der Waals surface area contributed by atoms with E-state index < -0.39 is 5.97 Å². The van der Waals surface area contributed by atoms with Gasteiger partial charge in [-0.2, -0.15) is 0 Å². The standard InChI is InChI=1S/C12H21N3O2S/c1-8(2)6-15-10(12(3,4)5)13-14-11(15)18-7-9(16)17/h8H,6-7H2,1-5H3,(H,16,17). The van der Waals surface area contributed by atoms with Crippen molar-refractivity contribution < 1.29 is 9.90 Å². The Morgan fingerprint density at radius 1 is 1.39 bits per heavy atom. The minimum atomic E-state index is -0.837. The van der Waals surface area contributed by atoms with E-state index in [4.69, 9.17) is 5.11 Å². The van der Waals surface area contributed by atoms with E-state index in [0.29, 0.717) is 11.1 Å². The van der Waals surface area contributed by atoms with E-state index in [-0.39, 0.29) is 11.2 Å². The van der Waals surface area contributed by atoms with Gasteiger partial charge in [-0.1, -0.05) is 46.4 Å². The Bertz CT molecular complexity index is 421. The average Bonchev–Trinajstić information content (AvgIpc) is 2.56. The number of carboxylic acid groups (broad SMARTS) is 1. The van der Waals surface area contributed by atoms with Gasteiger partial charge in [0.2, 0.25) is 0 Å². The van der Waals surface area contributed by atoms with Crippen LogP contribution in [0.25, 0.3) is 0 Å². The third-order valence-corrected chi connectivity index (χ3v) is 3.21. The maximum atomic E-state index is 10.6. The van der Waals surface area contributed by atoms with Gasteiger partial charge in [-0.25, -0.2) is 0 Å². The lowest BCUT2D eigenvalue weighted by atomic mass is 9.95. The fraction of sp³-hybridized carbons (Fsp3) is 0.750. The molecule has 1 aromatic heterocycles. The number of rotatable bonds is 5. The topological polar surface area (TPSA) is 68.0 Å². The molecule has 0 spiro atoms. The van der Waals surface area contributed by atoms with E-state index in [2.05, 4.69) is 44.8 Å². The van der Waals surface area contributed by atoms with E-state index in [1.54, 1.807) is 0 Å². The zero-order chi connectivity index (χ0) is 13.9. The molecule has 1 rings (SSSR count). The molecular weight excluding hydrogens is 250 g/mol. The van der Waals surface area contributed by atoms with Gasteiger partial charge in [-0.3, -0.25) is 4.79 Å². The van der Waals surface area contributed by atoms with Crippen molar-refractivity contribution in [2.45, 2.75) is 51.7 Å². The Morgan fingerprint density at radius 2 is 2.00 bits per heavy atom. The number of thioether (sulfide) groups is 1. The molecule has 0 aliphatic heterocycles. The summed E-state index contributed by atoms with van der Waals surface area (Å²) in [6, 6.07) is 0. The second-order valence-electron chi connectivity index (χ2n) is 5.74. The molecule has 0 aliphatic rings. The van der Waals surface area contributed by atoms with Crippen LogP contribution in [0.15, 0.2) is 5.16 Å². The van der Waals surface area contributed by atoms with Crippen LogP contribution in [0, 0.1) is 5.92 Å². The monoisotopic (exact) mass is 271 g/mol.